The highest BCUT2D eigenvalue weighted by atomic mass is 32.1. The van der Waals surface area contributed by atoms with Gasteiger partial charge in [-0.1, -0.05) is 6.58 Å². The van der Waals surface area contributed by atoms with Crippen molar-refractivity contribution in [2.45, 2.75) is 33.3 Å². The van der Waals surface area contributed by atoms with Crippen molar-refractivity contribution in [3.8, 4) is 0 Å². The Hall–Kier alpha value is -1.10. The number of amides is 1. The lowest BCUT2D eigenvalue weighted by molar-refractivity contribution is 0.0563. The zero-order valence-corrected chi connectivity index (χ0v) is 9.75. The average Bonchev–Trinajstić information content (AvgIpc) is 1.77. The van der Waals surface area contributed by atoms with Gasteiger partial charge in [-0.25, -0.2) is 4.79 Å². The fraction of sp³-hybridized carbons (Fsp3) is 0.556. The molecule has 80 valence electrons. The van der Waals surface area contributed by atoms with E-state index in [9.17, 15) is 4.79 Å². The zero-order chi connectivity index (χ0) is 11.4. The lowest BCUT2D eigenvalue weighted by atomic mass is 10.2. The number of carbonyl (C=O) groups excluding carboxylic acids is 1. The van der Waals surface area contributed by atoms with E-state index in [1.54, 1.807) is 27.7 Å². The van der Waals surface area contributed by atoms with Gasteiger partial charge in [0.05, 0.1) is 0 Å². The van der Waals surface area contributed by atoms with Crippen LogP contribution in [0.25, 0.3) is 0 Å². The molecular formula is C9H16N2O2S. The Morgan fingerprint density at radius 1 is 1.36 bits per heavy atom. The molecule has 0 fully saturated rings. The Balaban J connectivity index is 3.96. The van der Waals surface area contributed by atoms with Gasteiger partial charge in [0.25, 0.3) is 0 Å². The van der Waals surface area contributed by atoms with E-state index in [0.717, 1.165) is 0 Å². The smallest absolute Gasteiger partial charge is 0.413 e. The van der Waals surface area contributed by atoms with Gasteiger partial charge in [0, 0.05) is 5.70 Å². The van der Waals surface area contributed by atoms with E-state index >= 15 is 0 Å². The van der Waals surface area contributed by atoms with Gasteiger partial charge in [-0.05, 0) is 39.9 Å². The Morgan fingerprint density at radius 2 is 1.86 bits per heavy atom. The second-order valence-corrected chi connectivity index (χ2v) is 4.27. The largest absolute Gasteiger partial charge is 0.444 e. The monoisotopic (exact) mass is 216 g/mol. The first-order valence-corrected chi connectivity index (χ1v) is 4.58. The molecule has 0 aliphatic rings. The maximum Gasteiger partial charge on any atom is 0.413 e. The number of alkyl carbamates (subject to hydrolysis) is 1. The maximum atomic E-state index is 11.2. The molecule has 0 radical (unpaired) electrons. The molecule has 0 spiro atoms. The number of allylic oxidation sites excluding steroid dienone is 1. The summed E-state index contributed by atoms with van der Waals surface area (Å²) in [6, 6.07) is 0. The number of thiocarbonyl (C=S) groups is 1. The Kier molecular flexibility index (Phi) is 4.56. The fourth-order valence-corrected chi connectivity index (χ4v) is 0.879. The molecule has 1 amide bonds. The van der Waals surface area contributed by atoms with Crippen molar-refractivity contribution in [2.75, 3.05) is 0 Å². The van der Waals surface area contributed by atoms with Gasteiger partial charge in [-0.2, -0.15) is 0 Å². The molecule has 0 saturated carbocycles. The molecule has 0 aromatic heterocycles. The summed E-state index contributed by atoms with van der Waals surface area (Å²) in [6.45, 7) is 10.7. The van der Waals surface area contributed by atoms with E-state index in [4.69, 9.17) is 17.0 Å². The number of carbonyl (C=O) groups is 1. The van der Waals surface area contributed by atoms with Crippen molar-refractivity contribution < 1.29 is 9.53 Å². The summed E-state index contributed by atoms with van der Waals surface area (Å²) in [5.41, 5.74) is 0.134. The first kappa shape index (κ1) is 12.9. The highest BCUT2D eigenvalue weighted by Gasteiger charge is 2.16. The molecule has 0 unspecified atom stereocenters. The van der Waals surface area contributed by atoms with Crippen LogP contribution in [0.2, 0.25) is 0 Å². The van der Waals surface area contributed by atoms with E-state index in [-0.39, 0.29) is 5.11 Å². The van der Waals surface area contributed by atoms with Crippen LogP contribution < -0.4 is 10.6 Å². The van der Waals surface area contributed by atoms with Crippen LogP contribution in [0.1, 0.15) is 27.7 Å². The van der Waals surface area contributed by atoms with Crippen molar-refractivity contribution in [2.24, 2.45) is 0 Å². The highest BCUT2D eigenvalue weighted by molar-refractivity contribution is 7.80. The van der Waals surface area contributed by atoms with Crippen LogP contribution >= 0.6 is 12.2 Å². The minimum absolute atomic E-state index is 0.187. The molecule has 4 nitrogen and oxygen atoms in total. The van der Waals surface area contributed by atoms with Crippen molar-refractivity contribution >= 4 is 23.4 Å². The second kappa shape index (κ2) is 4.95. The molecule has 5 heteroatoms. The Bertz CT molecular complexity index is 256. The third-order valence-corrected chi connectivity index (χ3v) is 1.15. The van der Waals surface area contributed by atoms with Gasteiger partial charge in [0.1, 0.15) is 5.60 Å². The van der Waals surface area contributed by atoms with Gasteiger partial charge < -0.3 is 10.1 Å². The molecule has 0 aromatic rings. The first-order chi connectivity index (χ1) is 6.20. The lowest BCUT2D eigenvalue weighted by Gasteiger charge is -2.20. The maximum absolute atomic E-state index is 11.2. The average molecular weight is 216 g/mol. The first-order valence-electron chi connectivity index (χ1n) is 4.17. The Morgan fingerprint density at radius 3 is 2.21 bits per heavy atom. The topological polar surface area (TPSA) is 50.4 Å². The van der Waals surface area contributed by atoms with Crippen LogP contribution in [0.3, 0.4) is 0 Å². The van der Waals surface area contributed by atoms with Gasteiger partial charge in [-0.3, -0.25) is 5.32 Å². The van der Waals surface area contributed by atoms with E-state index in [1.807, 2.05) is 0 Å². The normalized spacial score (nSPS) is 10.3. The minimum atomic E-state index is -0.573. The molecule has 0 aliphatic carbocycles. The second-order valence-electron chi connectivity index (χ2n) is 3.86. The van der Waals surface area contributed by atoms with Crippen LogP contribution in [-0.4, -0.2) is 16.8 Å². The van der Waals surface area contributed by atoms with Crippen LogP contribution in [0.15, 0.2) is 12.3 Å². The molecular weight excluding hydrogens is 200 g/mol. The van der Waals surface area contributed by atoms with Crippen LogP contribution in [0.5, 0.6) is 0 Å². The summed E-state index contributed by atoms with van der Waals surface area (Å²) in [6.07, 6.45) is -0.573. The SMILES string of the molecule is C=C(C)NC(=S)NC(=O)OC(C)(C)C. The van der Waals surface area contributed by atoms with E-state index < -0.39 is 11.7 Å². The predicted octanol–water partition coefficient (Wildman–Crippen LogP) is 1.92. The Labute approximate surface area is 89.7 Å². The van der Waals surface area contributed by atoms with Crippen LogP contribution in [-0.2, 0) is 4.74 Å². The van der Waals surface area contributed by atoms with Crippen molar-refractivity contribution in [1.29, 1.82) is 0 Å². The molecule has 0 rings (SSSR count). The minimum Gasteiger partial charge on any atom is -0.444 e. The molecule has 0 bridgehead atoms. The number of ether oxygens (including phenoxy) is 1. The number of rotatable bonds is 1. The van der Waals surface area contributed by atoms with Gasteiger partial charge in [0.2, 0.25) is 0 Å². The zero-order valence-electron chi connectivity index (χ0n) is 8.93. The third-order valence-electron chi connectivity index (χ3n) is 0.941. The quantitative estimate of drug-likeness (QED) is 0.657. The molecule has 2 N–H and O–H groups in total. The molecule has 0 saturated heterocycles. The molecule has 0 heterocycles. The predicted molar refractivity (Wildman–Crippen MR) is 59.9 cm³/mol. The van der Waals surface area contributed by atoms with Crippen LogP contribution in [0.4, 0.5) is 4.79 Å². The standard InChI is InChI=1S/C9H16N2O2S/c1-6(2)10-7(14)11-8(12)13-9(3,4)5/h1H2,2-5H3,(H2,10,11,12,14). The number of hydrogen-bond acceptors (Lipinski definition) is 3. The summed E-state index contributed by atoms with van der Waals surface area (Å²) in [5.74, 6) is 0. The van der Waals surface area contributed by atoms with Gasteiger partial charge in [-0.15, -0.1) is 0 Å². The number of hydrogen-bond donors (Lipinski definition) is 2. The summed E-state index contributed by atoms with van der Waals surface area (Å²) >= 11 is 4.81. The number of nitrogens with one attached hydrogen (secondary N) is 2. The molecule has 14 heavy (non-hydrogen) atoms. The van der Waals surface area contributed by atoms with E-state index in [0.29, 0.717) is 5.70 Å². The lowest BCUT2D eigenvalue weighted by Crippen LogP contribution is -2.41. The molecule has 0 atom stereocenters. The van der Waals surface area contributed by atoms with Gasteiger partial charge >= 0.3 is 6.09 Å². The summed E-state index contributed by atoms with van der Waals surface area (Å²) in [5, 5.41) is 5.24. The highest BCUT2D eigenvalue weighted by Crippen LogP contribution is 2.06. The summed E-state index contributed by atoms with van der Waals surface area (Å²) in [4.78, 5) is 11.2. The summed E-state index contributed by atoms with van der Waals surface area (Å²) < 4.78 is 4.98. The van der Waals surface area contributed by atoms with Crippen LogP contribution in [0, 0.1) is 0 Å². The summed E-state index contributed by atoms with van der Waals surface area (Å²) in [7, 11) is 0. The molecule has 0 aliphatic heterocycles. The van der Waals surface area contributed by atoms with Crippen molar-refractivity contribution in [1.82, 2.24) is 10.6 Å². The third kappa shape index (κ3) is 7.54. The molecule has 0 aromatic carbocycles. The van der Waals surface area contributed by atoms with Gasteiger partial charge in [0.15, 0.2) is 5.11 Å². The van der Waals surface area contributed by atoms with E-state index in [2.05, 4.69) is 17.2 Å². The van der Waals surface area contributed by atoms with Crippen molar-refractivity contribution in [3.63, 3.8) is 0 Å². The van der Waals surface area contributed by atoms with E-state index in [1.165, 1.54) is 0 Å². The van der Waals surface area contributed by atoms with Crippen molar-refractivity contribution in [3.05, 3.63) is 12.3 Å². The fourth-order valence-electron chi connectivity index (χ4n) is 0.621.